The number of ether oxygens (including phenoxy) is 1. The summed E-state index contributed by atoms with van der Waals surface area (Å²) in [4.78, 5) is 50.3. The smallest absolute Gasteiger partial charge is 0.325 e. The fourth-order valence-electron chi connectivity index (χ4n) is 3.76. The highest BCUT2D eigenvalue weighted by Gasteiger charge is 2.36. The normalized spacial score (nSPS) is 15.7. The van der Waals surface area contributed by atoms with E-state index >= 15 is 0 Å². The van der Waals surface area contributed by atoms with Crippen LogP contribution in [0.2, 0.25) is 0 Å². The lowest BCUT2D eigenvalue weighted by molar-refractivity contribution is -0.143. The zero-order valence-corrected chi connectivity index (χ0v) is 19.5. The molecule has 1 unspecified atom stereocenters. The van der Waals surface area contributed by atoms with Gasteiger partial charge in [-0.3, -0.25) is 24.1 Å². The number of nitrogens with zero attached hydrogens (tertiary/aromatic N) is 2. The molecule has 0 bridgehead atoms. The fraction of sp³-hybridized carbons (Fsp3) is 0.200. The van der Waals surface area contributed by atoms with Gasteiger partial charge in [-0.2, -0.15) is 0 Å². The van der Waals surface area contributed by atoms with Crippen LogP contribution in [0.4, 0.5) is 4.79 Å². The van der Waals surface area contributed by atoms with Crippen molar-refractivity contribution in [2.45, 2.75) is 19.5 Å². The maximum absolute atomic E-state index is 12.8. The van der Waals surface area contributed by atoms with Crippen molar-refractivity contribution in [3.63, 3.8) is 0 Å². The predicted octanol–water partition coefficient (Wildman–Crippen LogP) is 3.73. The number of hydrogen-bond acceptors (Lipinski definition) is 6. The molecule has 9 heteroatoms. The molecule has 1 aliphatic heterocycles. The van der Waals surface area contributed by atoms with Gasteiger partial charge in [0.05, 0.1) is 18.1 Å². The van der Waals surface area contributed by atoms with Crippen LogP contribution < -0.4 is 5.32 Å². The monoisotopic (exact) mass is 477 g/mol. The highest BCUT2D eigenvalue weighted by Crippen LogP contribution is 2.34. The van der Waals surface area contributed by atoms with Crippen molar-refractivity contribution in [3.05, 3.63) is 76.8 Å². The topological polar surface area (TPSA) is 97.7 Å². The number of fused-ring (bicyclic) bond motifs is 1. The number of para-hydroxylation sites is 1. The van der Waals surface area contributed by atoms with Gasteiger partial charge in [0, 0.05) is 22.7 Å². The number of rotatable bonds is 7. The van der Waals surface area contributed by atoms with Crippen molar-refractivity contribution in [1.82, 2.24) is 14.8 Å². The molecular weight excluding hydrogens is 454 g/mol. The summed E-state index contributed by atoms with van der Waals surface area (Å²) in [5, 5.41) is 3.32. The summed E-state index contributed by atoms with van der Waals surface area (Å²) in [5.41, 5.74) is 2.53. The Morgan fingerprint density at radius 1 is 1.06 bits per heavy atom. The lowest BCUT2D eigenvalue weighted by Gasteiger charge is -2.15. The predicted molar refractivity (Wildman–Crippen MR) is 130 cm³/mol. The minimum Gasteiger partial charge on any atom is -0.468 e. The molecule has 0 saturated carbocycles. The molecule has 1 N–H and O–H groups in total. The molecule has 2 aromatic carbocycles. The molecule has 0 aliphatic carbocycles. The third-order valence-corrected chi connectivity index (χ3v) is 6.39. The van der Waals surface area contributed by atoms with Gasteiger partial charge in [-0.25, -0.2) is 0 Å². The summed E-state index contributed by atoms with van der Waals surface area (Å²) in [6.07, 6.45) is 3.40. The first-order valence-corrected chi connectivity index (χ1v) is 11.4. The second-order valence-electron chi connectivity index (χ2n) is 7.77. The van der Waals surface area contributed by atoms with E-state index in [2.05, 4.69) is 10.1 Å². The highest BCUT2D eigenvalue weighted by atomic mass is 32.2. The van der Waals surface area contributed by atoms with E-state index in [-0.39, 0.29) is 23.4 Å². The Balaban J connectivity index is 1.56. The van der Waals surface area contributed by atoms with Gasteiger partial charge in [0.1, 0.15) is 13.1 Å². The van der Waals surface area contributed by atoms with Gasteiger partial charge < -0.3 is 14.6 Å². The lowest BCUT2D eigenvalue weighted by Crippen LogP contribution is -2.34. The van der Waals surface area contributed by atoms with E-state index in [0.29, 0.717) is 5.56 Å². The summed E-state index contributed by atoms with van der Waals surface area (Å²) in [6.45, 7) is 1.59. The molecule has 2 heterocycles. The van der Waals surface area contributed by atoms with Crippen LogP contribution in [0.15, 0.2) is 65.7 Å². The maximum Gasteiger partial charge on any atom is 0.325 e. The van der Waals surface area contributed by atoms with E-state index < -0.39 is 23.7 Å². The number of hydrogen-bond donors (Lipinski definition) is 1. The van der Waals surface area contributed by atoms with Crippen LogP contribution in [0.3, 0.4) is 0 Å². The van der Waals surface area contributed by atoms with Gasteiger partial charge in [-0.15, -0.1) is 0 Å². The van der Waals surface area contributed by atoms with Crippen LogP contribution in [0.5, 0.6) is 0 Å². The Labute approximate surface area is 200 Å². The number of benzene rings is 2. The summed E-state index contributed by atoms with van der Waals surface area (Å²) >= 11 is 0.769. The number of carbonyl (C=O) groups excluding carboxylic acids is 4. The number of esters is 1. The molecule has 1 saturated heterocycles. The molecule has 4 rings (SSSR count). The third-order valence-electron chi connectivity index (χ3n) is 5.49. The number of imide groups is 1. The Morgan fingerprint density at radius 3 is 2.50 bits per heavy atom. The molecule has 0 spiro atoms. The third kappa shape index (κ3) is 4.89. The van der Waals surface area contributed by atoms with E-state index in [1.54, 1.807) is 12.3 Å². The first-order chi connectivity index (χ1) is 16.4. The molecule has 8 nitrogen and oxygen atoms in total. The van der Waals surface area contributed by atoms with Crippen LogP contribution in [0, 0.1) is 0 Å². The molecule has 1 aromatic heterocycles. The standard InChI is InChI=1S/C25H23N3O5S/c1-16(17-8-4-3-5-9-17)26-22(29)14-27-13-18(19-10-6-7-11-20(19)27)12-21-24(31)28(25(32)34-21)15-23(30)33-2/h3-13,16H,14-15H2,1-2H3,(H,26,29)/b21-12-. The first kappa shape index (κ1) is 23.3. The van der Waals surface area contributed by atoms with Crippen molar-refractivity contribution in [3.8, 4) is 0 Å². The van der Waals surface area contributed by atoms with Gasteiger partial charge in [0.15, 0.2) is 0 Å². The van der Waals surface area contributed by atoms with Gasteiger partial charge >= 0.3 is 5.97 Å². The Bertz CT molecular complexity index is 1300. The minimum atomic E-state index is -0.670. The highest BCUT2D eigenvalue weighted by molar-refractivity contribution is 8.18. The Kier molecular flexibility index (Phi) is 6.83. The Hall–Kier alpha value is -3.85. The summed E-state index contributed by atoms with van der Waals surface area (Å²) in [5.74, 6) is -1.37. The van der Waals surface area contributed by atoms with Gasteiger partial charge in [0.25, 0.3) is 11.1 Å². The summed E-state index contributed by atoms with van der Waals surface area (Å²) in [6, 6.07) is 17.1. The molecule has 1 atom stereocenters. The maximum atomic E-state index is 12.8. The fourth-order valence-corrected chi connectivity index (χ4v) is 4.59. The zero-order valence-electron chi connectivity index (χ0n) is 18.7. The summed E-state index contributed by atoms with van der Waals surface area (Å²) < 4.78 is 6.37. The number of aromatic nitrogens is 1. The van der Waals surface area contributed by atoms with Gasteiger partial charge in [-0.05, 0) is 36.4 Å². The van der Waals surface area contributed by atoms with Crippen molar-refractivity contribution in [2.24, 2.45) is 0 Å². The van der Waals surface area contributed by atoms with Crippen LogP contribution in [0.25, 0.3) is 17.0 Å². The first-order valence-electron chi connectivity index (χ1n) is 10.6. The second-order valence-corrected chi connectivity index (χ2v) is 8.77. The number of methoxy groups -OCH3 is 1. The molecular formula is C25H23N3O5S. The quantitative estimate of drug-likeness (QED) is 0.411. The molecule has 3 amide bonds. The number of nitrogens with one attached hydrogen (secondary N) is 1. The SMILES string of the molecule is COC(=O)CN1C(=O)S/C(=C\c2cn(CC(=O)NC(C)c3ccccc3)c3ccccc23)C1=O. The van der Waals surface area contributed by atoms with Crippen LogP contribution in [0.1, 0.15) is 24.1 Å². The number of amides is 3. The van der Waals surface area contributed by atoms with Crippen LogP contribution >= 0.6 is 11.8 Å². The van der Waals surface area contributed by atoms with E-state index in [0.717, 1.165) is 33.1 Å². The largest absolute Gasteiger partial charge is 0.468 e. The van der Waals surface area contributed by atoms with Gasteiger partial charge in [-0.1, -0.05) is 48.5 Å². The molecule has 3 aromatic rings. The number of carbonyl (C=O) groups is 4. The zero-order chi connectivity index (χ0) is 24.2. The molecule has 174 valence electrons. The van der Waals surface area contributed by atoms with Crippen molar-refractivity contribution in [1.29, 1.82) is 0 Å². The minimum absolute atomic E-state index is 0.0926. The van der Waals surface area contributed by atoms with E-state index in [1.165, 1.54) is 7.11 Å². The van der Waals surface area contributed by atoms with Crippen molar-refractivity contribution in [2.75, 3.05) is 13.7 Å². The second kappa shape index (κ2) is 9.96. The number of thioether (sulfide) groups is 1. The van der Waals surface area contributed by atoms with Crippen LogP contribution in [-0.2, 0) is 25.7 Å². The lowest BCUT2D eigenvalue weighted by atomic mass is 10.1. The summed E-state index contributed by atoms with van der Waals surface area (Å²) in [7, 11) is 1.20. The van der Waals surface area contributed by atoms with Crippen molar-refractivity contribution >= 4 is 51.8 Å². The molecule has 1 aliphatic rings. The molecule has 1 fully saturated rings. The average molecular weight is 478 g/mol. The van der Waals surface area contributed by atoms with Crippen molar-refractivity contribution < 1.29 is 23.9 Å². The van der Waals surface area contributed by atoms with E-state index in [9.17, 15) is 19.2 Å². The molecule has 34 heavy (non-hydrogen) atoms. The Morgan fingerprint density at radius 2 is 1.76 bits per heavy atom. The molecule has 0 radical (unpaired) electrons. The van der Waals surface area contributed by atoms with Crippen LogP contribution in [-0.4, -0.2) is 46.1 Å². The van der Waals surface area contributed by atoms with E-state index in [1.807, 2.05) is 66.1 Å². The van der Waals surface area contributed by atoms with Gasteiger partial charge in [0.2, 0.25) is 5.91 Å². The van der Waals surface area contributed by atoms with E-state index in [4.69, 9.17) is 0 Å². The average Bonchev–Trinajstić information content (AvgIpc) is 3.31.